The molecule has 1 fully saturated rings. The third kappa shape index (κ3) is 18.9. The summed E-state index contributed by atoms with van der Waals surface area (Å²) in [5.41, 5.74) is 4.23. The molecule has 0 saturated carbocycles. The van der Waals surface area contributed by atoms with Crippen LogP contribution in [0.5, 0.6) is 0 Å². The maximum absolute atomic E-state index is 12.7. The second-order valence-electron chi connectivity index (χ2n) is 14.8. The number of ketones is 1. The molecule has 64 heavy (non-hydrogen) atoms. The summed E-state index contributed by atoms with van der Waals surface area (Å²) < 4.78 is 62.3. The molecule has 2 unspecified atom stereocenters. The highest BCUT2D eigenvalue weighted by Crippen LogP contribution is 2.61. The van der Waals surface area contributed by atoms with E-state index in [1.807, 2.05) is 0 Å². The number of nitrogen functional groups attached to an aromatic ring is 1. The average Bonchev–Trinajstić information content (AvgIpc) is 3.76. The van der Waals surface area contributed by atoms with Crippen LogP contribution < -0.4 is 16.4 Å². The van der Waals surface area contributed by atoms with Crippen molar-refractivity contribution in [2.75, 3.05) is 37.8 Å². The van der Waals surface area contributed by atoms with Crippen LogP contribution in [0.4, 0.5) is 5.82 Å². The molecule has 3 rings (SSSR count). The third-order valence-corrected chi connectivity index (χ3v) is 13.0. The predicted octanol–water partition coefficient (Wildman–Crippen LogP) is 2.10. The van der Waals surface area contributed by atoms with Gasteiger partial charge in [-0.15, -0.1) is 0 Å². The minimum atomic E-state index is -5.59. The first-order valence-corrected chi connectivity index (χ1v) is 25.3. The highest BCUT2D eigenvalue weighted by molar-refractivity contribution is 8.13. The van der Waals surface area contributed by atoms with Gasteiger partial charge >= 0.3 is 23.5 Å². The number of hydrogen-bond acceptors (Lipinski definition) is 19. The van der Waals surface area contributed by atoms with E-state index in [-0.39, 0.29) is 59.6 Å². The number of aromatic nitrogens is 4. The summed E-state index contributed by atoms with van der Waals surface area (Å²) in [6.07, 6.45) is 5.68. The van der Waals surface area contributed by atoms with Gasteiger partial charge in [-0.25, -0.2) is 28.6 Å². The van der Waals surface area contributed by atoms with Crippen molar-refractivity contribution in [2.24, 2.45) is 5.41 Å². The zero-order valence-corrected chi connectivity index (χ0v) is 38.7. The van der Waals surface area contributed by atoms with Gasteiger partial charge in [0.1, 0.15) is 42.0 Å². The van der Waals surface area contributed by atoms with Gasteiger partial charge in [-0.05, 0) is 32.1 Å². The fraction of sp³-hybridized carbons (Fsp3) is 0.629. The lowest BCUT2D eigenvalue weighted by Crippen LogP contribution is -2.46. The van der Waals surface area contributed by atoms with Crippen LogP contribution in [0, 0.1) is 5.41 Å². The van der Waals surface area contributed by atoms with E-state index in [9.17, 15) is 62.7 Å². The number of nitrogens with zero attached hydrogens (tertiary/aromatic N) is 4. The van der Waals surface area contributed by atoms with Crippen LogP contribution >= 0.6 is 35.2 Å². The number of nitrogens with two attached hydrogens (primary N) is 1. The zero-order chi connectivity index (χ0) is 47.7. The van der Waals surface area contributed by atoms with Crippen molar-refractivity contribution in [1.29, 1.82) is 0 Å². The van der Waals surface area contributed by atoms with E-state index in [4.69, 9.17) is 19.5 Å². The van der Waals surface area contributed by atoms with Crippen molar-refractivity contribution in [3.8, 4) is 0 Å². The molecular formula is C35H56N7O18P3S. The Morgan fingerprint density at radius 3 is 2.39 bits per heavy atom. The average molecular weight is 988 g/mol. The molecule has 360 valence electrons. The van der Waals surface area contributed by atoms with Gasteiger partial charge in [0.25, 0.3) is 0 Å². The minimum absolute atomic E-state index is 0.0241. The Morgan fingerprint density at radius 2 is 1.69 bits per heavy atom. The second-order valence-corrected chi connectivity index (χ2v) is 20.2. The van der Waals surface area contributed by atoms with E-state index in [1.54, 1.807) is 0 Å². The smallest absolute Gasteiger partial charge is 0.386 e. The minimum Gasteiger partial charge on any atom is -0.386 e. The Bertz CT molecular complexity index is 2100. The van der Waals surface area contributed by atoms with Crippen molar-refractivity contribution in [2.45, 2.75) is 103 Å². The first kappa shape index (κ1) is 55.0. The van der Waals surface area contributed by atoms with E-state index in [0.717, 1.165) is 54.7 Å². The van der Waals surface area contributed by atoms with Crippen molar-refractivity contribution in [3.05, 3.63) is 37.0 Å². The maximum Gasteiger partial charge on any atom is 0.481 e. The molecule has 1 aliphatic heterocycles. The molecule has 10 N–H and O–H groups in total. The van der Waals surface area contributed by atoms with Crippen LogP contribution in [0.25, 0.3) is 11.2 Å². The number of unbranched alkanes of at least 4 members (excludes halogenated alkanes) is 2. The van der Waals surface area contributed by atoms with Crippen LogP contribution in [0.15, 0.2) is 37.0 Å². The number of phosphoric acid groups is 3. The van der Waals surface area contributed by atoms with Crippen molar-refractivity contribution in [1.82, 2.24) is 30.2 Å². The summed E-state index contributed by atoms with van der Waals surface area (Å²) >= 11 is 0.917. The molecule has 3 heterocycles. The zero-order valence-electron chi connectivity index (χ0n) is 35.2. The maximum atomic E-state index is 12.7. The quantitative estimate of drug-likeness (QED) is 0.0244. The lowest BCUT2D eigenvalue weighted by atomic mass is 9.87. The number of imidazole rings is 1. The van der Waals surface area contributed by atoms with Crippen molar-refractivity contribution < 1.29 is 85.3 Å². The molecule has 1 saturated heterocycles. The van der Waals surface area contributed by atoms with E-state index in [1.165, 1.54) is 13.8 Å². The lowest BCUT2D eigenvalue weighted by molar-refractivity contribution is -0.137. The fourth-order valence-electron chi connectivity index (χ4n) is 5.74. The van der Waals surface area contributed by atoms with Crippen molar-refractivity contribution >= 4 is 74.9 Å². The Hall–Kier alpha value is -3.29. The number of phosphoric ester groups is 3. The molecule has 0 spiro atoms. The summed E-state index contributed by atoms with van der Waals surface area (Å²) in [7, 11) is -16.4. The predicted molar refractivity (Wildman–Crippen MR) is 228 cm³/mol. The van der Waals surface area contributed by atoms with Gasteiger partial charge in [-0.3, -0.25) is 37.3 Å². The number of thioether (sulfide) groups is 1. The number of aliphatic hydroxyl groups excluding tert-OH is 2. The van der Waals surface area contributed by atoms with Gasteiger partial charge in [0.2, 0.25) is 11.8 Å². The number of rotatable bonds is 29. The number of carbonyl (C=O) groups excluding carboxylic acids is 4. The second kappa shape index (κ2) is 25.6. The number of nitrogens with one attached hydrogen (secondary N) is 2. The summed E-state index contributed by atoms with van der Waals surface area (Å²) in [6.45, 7) is 2.37. The van der Waals surface area contributed by atoms with Crippen LogP contribution in [-0.4, -0.2) is 128 Å². The topological polar surface area (TPSA) is 381 Å². The normalized spacial score (nSPS) is 20.6. The molecular weight excluding hydrogens is 931 g/mol. The van der Waals surface area contributed by atoms with E-state index >= 15 is 0 Å². The fourth-order valence-corrected chi connectivity index (χ4v) is 9.26. The largest absolute Gasteiger partial charge is 0.481 e. The first-order chi connectivity index (χ1) is 29.9. The Balaban J connectivity index is 1.37. The summed E-state index contributed by atoms with van der Waals surface area (Å²) in [5.74, 6) is -1.46. The highest BCUT2D eigenvalue weighted by Gasteiger charge is 2.50. The number of anilines is 1. The molecule has 0 aromatic carbocycles. The molecule has 2 amide bonds. The van der Waals surface area contributed by atoms with E-state index in [2.05, 4.69) is 65.6 Å². The number of amides is 2. The number of allylic oxidation sites excluding steroid dienone is 4. The molecule has 0 radical (unpaired) electrons. The van der Waals surface area contributed by atoms with Gasteiger partial charge in [0.05, 0.1) is 26.0 Å². The number of carbonyl (C=O) groups is 4. The van der Waals surface area contributed by atoms with Gasteiger partial charge < -0.3 is 50.9 Å². The molecule has 7 atom stereocenters. The Kier molecular flexibility index (Phi) is 22.0. The summed E-state index contributed by atoms with van der Waals surface area (Å²) in [6, 6.07) is 0. The Morgan fingerprint density at radius 1 is 0.984 bits per heavy atom. The monoisotopic (exact) mass is 987 g/mol. The number of aliphatic hydroxyl groups is 2. The Labute approximate surface area is 372 Å². The summed E-state index contributed by atoms with van der Waals surface area (Å²) in [4.78, 5) is 100. The van der Waals surface area contributed by atoms with Gasteiger partial charge in [0.15, 0.2) is 22.8 Å². The number of fused-ring (bicyclic) bond motifs is 1. The lowest BCUT2D eigenvalue weighted by Gasteiger charge is -2.30. The number of ether oxygens (including phenoxy) is 1. The molecule has 0 aliphatic carbocycles. The molecule has 25 nitrogen and oxygen atoms in total. The first-order valence-electron chi connectivity index (χ1n) is 19.8. The van der Waals surface area contributed by atoms with Crippen molar-refractivity contribution in [3.63, 3.8) is 0 Å². The van der Waals surface area contributed by atoms with Crippen LogP contribution in [0.1, 0.15) is 78.4 Å². The third-order valence-electron chi connectivity index (χ3n) is 9.02. The van der Waals surface area contributed by atoms with E-state index in [0.29, 0.717) is 12.8 Å². The molecule has 2 aromatic heterocycles. The van der Waals surface area contributed by atoms with Gasteiger partial charge in [-0.1, -0.05) is 56.8 Å². The van der Waals surface area contributed by atoms with Crippen LogP contribution in [-0.2, 0) is 55.5 Å². The molecule has 1 aliphatic rings. The standard InChI is InChI=1S/C35H56N7O18P3S/c1-4-5-6-7-8-9-10-11-12-13-23(43)18-26(45)64-17-16-37-25(44)14-15-38-33(48)30(47)35(2,3)20-57-63(54,55)60-62(52,53)56-19-24-29(59-61(49,50)51)28(46)34(58-24)42-22-41-27-31(36)39-21-40-32(27)42/h5-6,8-9,21-22,24,28-30,34,46-47H,4,7,10-20H2,1-3H3,(H,37,44)(H,38,48)(H,52,53)(H,54,55)(H2,36,39,40)(H2,49,50,51)/b6-5-,9-8-/t24-,28-,29-,30+,34-/m1/s1. The van der Waals surface area contributed by atoms with Crippen LogP contribution in [0.2, 0.25) is 0 Å². The molecule has 29 heteroatoms. The summed E-state index contributed by atoms with van der Waals surface area (Å²) in [5, 5.41) is 26.1. The molecule has 0 bridgehead atoms. The van der Waals surface area contributed by atoms with E-state index < -0.39 is 84.6 Å². The highest BCUT2D eigenvalue weighted by atomic mass is 32.2. The number of Topliss-reactive ketones (excluding diaryl/α,β-unsaturated/α-hetero) is 1. The van der Waals surface area contributed by atoms with Gasteiger partial charge in [-0.2, -0.15) is 4.31 Å². The molecule has 2 aromatic rings. The van der Waals surface area contributed by atoms with Crippen LogP contribution in [0.3, 0.4) is 0 Å². The number of hydrogen-bond donors (Lipinski definition) is 9. The van der Waals surface area contributed by atoms with Gasteiger partial charge in [0, 0.05) is 37.1 Å². The SMILES string of the molecule is CC/C=C\C/C=C\CCCCC(=O)CC(=O)SCCNC(=O)CCNC(=O)[C@H](O)C(C)(C)COP(=O)(O)OP(=O)(O)OC[C@H]1O[C@@H](n2cnc3c(N)ncnc32)[C@H](O)[C@@H]1OP(=O)(O)O.